The Labute approximate surface area is 106 Å². The smallest absolute Gasteiger partial charge is 0.305 e. The Hall–Kier alpha value is -1.14. The number of aliphatic carboxylic acids is 1. The summed E-state index contributed by atoms with van der Waals surface area (Å²) in [5, 5.41) is 11.9. The largest absolute Gasteiger partial charge is 0.481 e. The normalized spacial score (nSPS) is 25.8. The molecule has 0 aromatic rings. The third kappa shape index (κ3) is 3.00. The van der Waals surface area contributed by atoms with E-state index in [-0.39, 0.29) is 30.6 Å². The highest BCUT2D eigenvalue weighted by Gasteiger charge is 2.35. The Balaban J connectivity index is 1.81. The van der Waals surface area contributed by atoms with Gasteiger partial charge >= 0.3 is 5.97 Å². The molecule has 1 unspecified atom stereocenters. The highest BCUT2D eigenvalue weighted by molar-refractivity contribution is 5.79. The third-order valence-electron chi connectivity index (χ3n) is 3.65. The molecule has 2 fully saturated rings. The predicted octanol–water partition coefficient (Wildman–Crippen LogP) is -0.169. The molecule has 0 aromatic heterocycles. The number of nitrogens with one attached hydrogen (secondary N) is 1. The molecule has 0 aliphatic carbocycles. The molecule has 2 N–H and O–H groups in total. The van der Waals surface area contributed by atoms with Gasteiger partial charge in [0, 0.05) is 25.7 Å². The van der Waals surface area contributed by atoms with Gasteiger partial charge in [0.15, 0.2) is 0 Å². The Morgan fingerprint density at radius 2 is 2.22 bits per heavy atom. The van der Waals surface area contributed by atoms with Crippen molar-refractivity contribution in [2.75, 3.05) is 26.2 Å². The van der Waals surface area contributed by atoms with Gasteiger partial charge in [-0.3, -0.25) is 9.59 Å². The highest BCUT2D eigenvalue weighted by atomic mass is 16.5. The first-order valence-electron chi connectivity index (χ1n) is 6.36. The summed E-state index contributed by atoms with van der Waals surface area (Å²) >= 11 is 0. The summed E-state index contributed by atoms with van der Waals surface area (Å²) < 4.78 is 5.59. The van der Waals surface area contributed by atoms with E-state index in [1.165, 1.54) is 0 Å². The molecular formula is C12H20N2O4. The first-order valence-corrected chi connectivity index (χ1v) is 6.36. The van der Waals surface area contributed by atoms with Crippen LogP contribution in [0.5, 0.6) is 0 Å². The zero-order chi connectivity index (χ0) is 13.2. The van der Waals surface area contributed by atoms with Crippen LogP contribution in [0.3, 0.4) is 0 Å². The van der Waals surface area contributed by atoms with Gasteiger partial charge in [-0.15, -0.1) is 0 Å². The number of rotatable bonds is 5. The Morgan fingerprint density at radius 1 is 1.50 bits per heavy atom. The Bertz CT molecular complexity index is 341. The van der Waals surface area contributed by atoms with Gasteiger partial charge < -0.3 is 20.1 Å². The molecule has 6 heteroatoms. The molecule has 0 saturated carbocycles. The highest BCUT2D eigenvalue weighted by Crippen LogP contribution is 2.21. The molecule has 0 radical (unpaired) electrons. The van der Waals surface area contributed by atoms with Crippen LogP contribution in [0.25, 0.3) is 0 Å². The van der Waals surface area contributed by atoms with Crippen molar-refractivity contribution < 1.29 is 19.4 Å². The van der Waals surface area contributed by atoms with E-state index in [9.17, 15) is 9.59 Å². The van der Waals surface area contributed by atoms with Crippen LogP contribution in [0.15, 0.2) is 0 Å². The van der Waals surface area contributed by atoms with Crippen LogP contribution in [0, 0.1) is 0 Å². The quantitative estimate of drug-likeness (QED) is 0.714. The topological polar surface area (TPSA) is 78.9 Å². The maximum Gasteiger partial charge on any atom is 0.305 e. The summed E-state index contributed by atoms with van der Waals surface area (Å²) in [6.45, 7) is 4.19. The van der Waals surface area contributed by atoms with Gasteiger partial charge in [0.1, 0.15) is 6.61 Å². The lowest BCUT2D eigenvalue weighted by molar-refractivity contribution is -0.148. The van der Waals surface area contributed by atoms with Gasteiger partial charge in [0.25, 0.3) is 0 Å². The molecule has 1 amide bonds. The van der Waals surface area contributed by atoms with Gasteiger partial charge in [0.2, 0.25) is 5.91 Å². The van der Waals surface area contributed by atoms with Crippen molar-refractivity contribution in [1.29, 1.82) is 0 Å². The number of nitrogens with zero attached hydrogens (tertiary/aromatic N) is 1. The van der Waals surface area contributed by atoms with E-state index >= 15 is 0 Å². The maximum absolute atomic E-state index is 12.0. The molecule has 102 valence electrons. The minimum absolute atomic E-state index is 0.0323. The molecule has 2 rings (SSSR count). The van der Waals surface area contributed by atoms with E-state index < -0.39 is 5.97 Å². The lowest BCUT2D eigenvalue weighted by Gasteiger charge is -2.39. The van der Waals surface area contributed by atoms with Crippen molar-refractivity contribution in [2.24, 2.45) is 0 Å². The summed E-state index contributed by atoms with van der Waals surface area (Å²) in [6, 6.07) is -0.161. The zero-order valence-corrected chi connectivity index (χ0v) is 10.6. The van der Waals surface area contributed by atoms with E-state index in [4.69, 9.17) is 9.84 Å². The number of hydrogen-bond acceptors (Lipinski definition) is 4. The fraction of sp³-hybridized carbons (Fsp3) is 0.833. The molecule has 2 aliphatic heterocycles. The molecule has 6 nitrogen and oxygen atoms in total. The minimum Gasteiger partial charge on any atom is -0.481 e. The van der Waals surface area contributed by atoms with Gasteiger partial charge in [-0.25, -0.2) is 0 Å². The summed E-state index contributed by atoms with van der Waals surface area (Å²) in [4.78, 5) is 24.4. The van der Waals surface area contributed by atoms with Crippen molar-refractivity contribution in [3.8, 4) is 0 Å². The van der Waals surface area contributed by atoms with Crippen LogP contribution >= 0.6 is 0 Å². The summed E-state index contributed by atoms with van der Waals surface area (Å²) in [5.41, 5.74) is -0.238. The Kier molecular flexibility index (Phi) is 3.87. The molecule has 1 atom stereocenters. The minimum atomic E-state index is -0.851. The van der Waals surface area contributed by atoms with Gasteiger partial charge in [-0.2, -0.15) is 0 Å². The fourth-order valence-electron chi connectivity index (χ4n) is 2.48. The molecule has 2 aliphatic rings. The molecular weight excluding hydrogens is 236 g/mol. The summed E-state index contributed by atoms with van der Waals surface area (Å²) in [7, 11) is 0. The molecule has 18 heavy (non-hydrogen) atoms. The van der Waals surface area contributed by atoms with E-state index in [1.807, 2.05) is 6.92 Å². The van der Waals surface area contributed by atoms with Gasteiger partial charge in [0.05, 0.1) is 12.0 Å². The molecule has 0 bridgehead atoms. The van der Waals surface area contributed by atoms with Crippen molar-refractivity contribution >= 4 is 11.9 Å². The average Bonchev–Trinajstić information content (AvgIpc) is 2.70. The number of amides is 1. The second-order valence-electron chi connectivity index (χ2n) is 5.32. The number of likely N-dealkylation sites (tertiary alicyclic amines) is 1. The zero-order valence-electron chi connectivity index (χ0n) is 10.6. The molecule has 0 spiro atoms. The first-order chi connectivity index (χ1) is 8.50. The number of hydrogen-bond donors (Lipinski definition) is 2. The van der Waals surface area contributed by atoms with Crippen LogP contribution < -0.4 is 5.32 Å². The van der Waals surface area contributed by atoms with E-state index in [0.717, 1.165) is 25.9 Å². The monoisotopic (exact) mass is 256 g/mol. The fourth-order valence-corrected chi connectivity index (χ4v) is 2.48. The first kappa shape index (κ1) is 13.3. The predicted molar refractivity (Wildman–Crippen MR) is 64.2 cm³/mol. The van der Waals surface area contributed by atoms with E-state index in [2.05, 4.69) is 5.32 Å². The van der Waals surface area contributed by atoms with Crippen LogP contribution in [-0.4, -0.2) is 59.8 Å². The second kappa shape index (κ2) is 5.24. The number of carboxylic acid groups (broad SMARTS) is 1. The number of ether oxygens (including phenoxy) is 1. The lowest BCUT2D eigenvalue weighted by atomic mass is 10.0. The number of carboxylic acids is 1. The molecule has 2 saturated heterocycles. The van der Waals surface area contributed by atoms with Crippen LogP contribution in [-0.2, 0) is 14.3 Å². The standard InChI is InChI=1S/C12H20N2O4/c1-12(7-13-8-12)18-6-10(15)14-4-2-3-9(14)5-11(16)17/h9,13H,2-8H2,1H3,(H,16,17). The third-order valence-corrected chi connectivity index (χ3v) is 3.65. The van der Waals surface area contributed by atoms with E-state index in [1.54, 1.807) is 4.90 Å². The van der Waals surface area contributed by atoms with Crippen LogP contribution in [0.4, 0.5) is 0 Å². The number of carbonyl (C=O) groups is 2. The number of carbonyl (C=O) groups excluding carboxylic acids is 1. The summed E-state index contributed by atoms with van der Waals surface area (Å²) in [6.07, 6.45) is 1.68. The molecule has 0 aromatic carbocycles. The van der Waals surface area contributed by atoms with Crippen molar-refractivity contribution in [2.45, 2.75) is 37.8 Å². The van der Waals surface area contributed by atoms with Crippen molar-refractivity contribution in [3.05, 3.63) is 0 Å². The summed E-state index contributed by atoms with van der Waals surface area (Å²) in [5.74, 6) is -0.942. The van der Waals surface area contributed by atoms with Crippen LogP contribution in [0.1, 0.15) is 26.2 Å². The Morgan fingerprint density at radius 3 is 2.78 bits per heavy atom. The van der Waals surface area contributed by atoms with Gasteiger partial charge in [-0.05, 0) is 19.8 Å². The SMILES string of the molecule is CC1(OCC(=O)N2CCCC2CC(=O)O)CNC1. The van der Waals surface area contributed by atoms with Crippen molar-refractivity contribution in [1.82, 2.24) is 10.2 Å². The van der Waals surface area contributed by atoms with Gasteiger partial charge in [-0.1, -0.05) is 0 Å². The van der Waals surface area contributed by atoms with E-state index in [0.29, 0.717) is 6.54 Å². The van der Waals surface area contributed by atoms with Crippen molar-refractivity contribution in [3.63, 3.8) is 0 Å². The molecule has 2 heterocycles. The lowest BCUT2D eigenvalue weighted by Crippen LogP contribution is -2.59. The second-order valence-corrected chi connectivity index (χ2v) is 5.32. The van der Waals surface area contributed by atoms with Crippen LogP contribution in [0.2, 0.25) is 0 Å². The maximum atomic E-state index is 12.0. The average molecular weight is 256 g/mol.